The van der Waals surface area contributed by atoms with Gasteiger partial charge in [-0.2, -0.15) is 0 Å². The van der Waals surface area contributed by atoms with Crippen LogP contribution in [0.15, 0.2) is 0 Å². The highest BCUT2D eigenvalue weighted by Gasteiger charge is 2.25. The van der Waals surface area contributed by atoms with Crippen LogP contribution in [-0.2, 0) is 9.59 Å². The monoisotopic (exact) mass is 214 g/mol. The van der Waals surface area contributed by atoms with Crippen molar-refractivity contribution < 1.29 is 14.7 Å². The number of aliphatic carboxylic acids is 1. The van der Waals surface area contributed by atoms with Crippen LogP contribution in [0.3, 0.4) is 0 Å². The van der Waals surface area contributed by atoms with Crippen LogP contribution in [0.1, 0.15) is 20.3 Å². The Hall–Kier alpha value is -1.10. The molecular weight excluding hydrogens is 196 g/mol. The van der Waals surface area contributed by atoms with Crippen LogP contribution < -0.4 is 5.32 Å². The Balaban J connectivity index is 2.30. The first-order valence-corrected chi connectivity index (χ1v) is 5.23. The number of hydrogen-bond acceptors (Lipinski definition) is 3. The topological polar surface area (TPSA) is 69.6 Å². The molecule has 1 rings (SSSR count). The molecule has 0 aliphatic carbocycles. The minimum Gasteiger partial charge on any atom is -0.480 e. The standard InChI is InChI=1S/C10H18N2O3/c1-7(2)10(15)11-8-3-4-12(5-8)6-9(13)14/h7-8H,3-6H2,1-2H3,(H,11,15)(H,13,14). The van der Waals surface area contributed by atoms with Crippen molar-refractivity contribution >= 4 is 11.9 Å². The van der Waals surface area contributed by atoms with Crippen molar-refractivity contribution in [1.82, 2.24) is 10.2 Å². The normalized spacial score (nSPS) is 21.9. The molecule has 0 aromatic heterocycles. The van der Waals surface area contributed by atoms with Gasteiger partial charge in [0.15, 0.2) is 0 Å². The highest BCUT2D eigenvalue weighted by atomic mass is 16.4. The van der Waals surface area contributed by atoms with Gasteiger partial charge >= 0.3 is 5.97 Å². The van der Waals surface area contributed by atoms with E-state index in [1.807, 2.05) is 18.7 Å². The van der Waals surface area contributed by atoms with Crippen molar-refractivity contribution in [2.24, 2.45) is 5.92 Å². The molecule has 0 bridgehead atoms. The summed E-state index contributed by atoms with van der Waals surface area (Å²) in [5.74, 6) is -0.790. The highest BCUT2D eigenvalue weighted by Crippen LogP contribution is 2.09. The van der Waals surface area contributed by atoms with Gasteiger partial charge in [-0.3, -0.25) is 14.5 Å². The van der Waals surface area contributed by atoms with E-state index in [1.165, 1.54) is 0 Å². The summed E-state index contributed by atoms with van der Waals surface area (Å²) < 4.78 is 0. The zero-order valence-corrected chi connectivity index (χ0v) is 9.19. The fourth-order valence-electron chi connectivity index (χ4n) is 1.65. The molecule has 86 valence electrons. The number of carboxylic acid groups (broad SMARTS) is 1. The summed E-state index contributed by atoms with van der Waals surface area (Å²) in [6, 6.07) is 0.110. The molecule has 1 amide bonds. The van der Waals surface area contributed by atoms with E-state index in [9.17, 15) is 9.59 Å². The first kappa shape index (κ1) is 12.0. The number of carboxylic acids is 1. The number of likely N-dealkylation sites (tertiary alicyclic amines) is 1. The summed E-state index contributed by atoms with van der Waals surface area (Å²) in [7, 11) is 0. The van der Waals surface area contributed by atoms with Crippen LogP contribution in [0, 0.1) is 5.92 Å². The number of carbonyl (C=O) groups excluding carboxylic acids is 1. The van der Waals surface area contributed by atoms with E-state index in [-0.39, 0.29) is 24.4 Å². The van der Waals surface area contributed by atoms with Crippen LogP contribution >= 0.6 is 0 Å². The lowest BCUT2D eigenvalue weighted by Crippen LogP contribution is -2.39. The minimum absolute atomic E-state index is 0.0153. The smallest absolute Gasteiger partial charge is 0.317 e. The van der Waals surface area contributed by atoms with E-state index in [4.69, 9.17) is 5.11 Å². The first-order chi connectivity index (χ1) is 6.99. The third-order valence-electron chi connectivity index (χ3n) is 2.50. The van der Waals surface area contributed by atoms with Gasteiger partial charge in [-0.05, 0) is 6.42 Å². The van der Waals surface area contributed by atoms with E-state index in [0.717, 1.165) is 13.0 Å². The largest absolute Gasteiger partial charge is 0.480 e. The second-order valence-corrected chi connectivity index (χ2v) is 4.28. The first-order valence-electron chi connectivity index (χ1n) is 5.23. The summed E-state index contributed by atoms with van der Waals surface area (Å²) >= 11 is 0. The zero-order valence-electron chi connectivity index (χ0n) is 9.19. The summed E-state index contributed by atoms with van der Waals surface area (Å²) in [4.78, 5) is 23.7. The van der Waals surface area contributed by atoms with Gasteiger partial charge in [0, 0.05) is 25.0 Å². The van der Waals surface area contributed by atoms with Crippen molar-refractivity contribution in [1.29, 1.82) is 0 Å². The van der Waals surface area contributed by atoms with Crippen LogP contribution in [0.25, 0.3) is 0 Å². The molecule has 2 N–H and O–H groups in total. The highest BCUT2D eigenvalue weighted by molar-refractivity contribution is 5.78. The van der Waals surface area contributed by atoms with Crippen LogP contribution in [-0.4, -0.2) is 47.6 Å². The molecule has 1 aliphatic rings. The molecule has 1 atom stereocenters. The maximum Gasteiger partial charge on any atom is 0.317 e. The van der Waals surface area contributed by atoms with Gasteiger partial charge in [-0.15, -0.1) is 0 Å². The molecule has 5 nitrogen and oxygen atoms in total. The van der Waals surface area contributed by atoms with Crippen molar-refractivity contribution in [3.8, 4) is 0 Å². The quantitative estimate of drug-likeness (QED) is 0.686. The van der Waals surface area contributed by atoms with Gasteiger partial charge in [0.25, 0.3) is 0 Å². The van der Waals surface area contributed by atoms with Gasteiger partial charge in [0.1, 0.15) is 0 Å². The van der Waals surface area contributed by atoms with Gasteiger partial charge < -0.3 is 10.4 Å². The number of rotatable bonds is 4. The third-order valence-corrected chi connectivity index (χ3v) is 2.50. The number of amides is 1. The summed E-state index contributed by atoms with van der Waals surface area (Å²) in [5, 5.41) is 11.5. The molecule has 0 aromatic rings. The van der Waals surface area contributed by atoms with Crippen molar-refractivity contribution in [2.75, 3.05) is 19.6 Å². The van der Waals surface area contributed by atoms with Crippen LogP contribution in [0.5, 0.6) is 0 Å². The molecule has 1 unspecified atom stereocenters. The molecular formula is C10H18N2O3. The lowest BCUT2D eigenvalue weighted by molar-refractivity contribution is -0.138. The second-order valence-electron chi connectivity index (χ2n) is 4.28. The van der Waals surface area contributed by atoms with Gasteiger partial charge in [0.2, 0.25) is 5.91 Å². The van der Waals surface area contributed by atoms with Crippen LogP contribution in [0.4, 0.5) is 0 Å². The third kappa shape index (κ3) is 3.87. The number of carbonyl (C=O) groups is 2. The fourth-order valence-corrected chi connectivity index (χ4v) is 1.65. The Morgan fingerprint density at radius 1 is 1.53 bits per heavy atom. The Morgan fingerprint density at radius 2 is 2.20 bits per heavy atom. The Kier molecular flexibility index (Phi) is 4.08. The molecule has 1 aliphatic heterocycles. The number of hydrogen-bond donors (Lipinski definition) is 2. The zero-order chi connectivity index (χ0) is 11.4. The Morgan fingerprint density at radius 3 is 2.73 bits per heavy atom. The molecule has 0 radical (unpaired) electrons. The van der Waals surface area contributed by atoms with E-state index >= 15 is 0 Å². The van der Waals surface area contributed by atoms with Crippen LogP contribution in [0.2, 0.25) is 0 Å². The maximum absolute atomic E-state index is 11.4. The molecule has 15 heavy (non-hydrogen) atoms. The predicted molar refractivity (Wildman–Crippen MR) is 55.5 cm³/mol. The predicted octanol–water partition coefficient (Wildman–Crippen LogP) is -0.0825. The molecule has 0 spiro atoms. The Bertz CT molecular complexity index is 253. The second kappa shape index (κ2) is 5.11. The molecule has 1 heterocycles. The maximum atomic E-state index is 11.4. The van der Waals surface area contributed by atoms with E-state index in [1.54, 1.807) is 0 Å². The summed E-state index contributed by atoms with van der Waals surface area (Å²) in [5.41, 5.74) is 0. The van der Waals surface area contributed by atoms with E-state index in [2.05, 4.69) is 5.32 Å². The minimum atomic E-state index is -0.814. The summed E-state index contributed by atoms with van der Waals surface area (Å²) in [6.07, 6.45) is 0.839. The average Bonchev–Trinajstić information content (AvgIpc) is 2.51. The van der Waals surface area contributed by atoms with Gasteiger partial charge in [-0.1, -0.05) is 13.8 Å². The Labute approximate surface area is 89.4 Å². The molecule has 0 aromatic carbocycles. The SMILES string of the molecule is CC(C)C(=O)NC1CCN(CC(=O)O)C1. The molecule has 1 fully saturated rings. The number of nitrogens with zero attached hydrogens (tertiary/aromatic N) is 1. The average molecular weight is 214 g/mol. The molecule has 1 saturated heterocycles. The van der Waals surface area contributed by atoms with Gasteiger partial charge in [-0.25, -0.2) is 0 Å². The number of nitrogens with one attached hydrogen (secondary N) is 1. The lowest BCUT2D eigenvalue weighted by Gasteiger charge is -2.15. The van der Waals surface area contributed by atoms with Crippen molar-refractivity contribution in [3.63, 3.8) is 0 Å². The fraction of sp³-hybridized carbons (Fsp3) is 0.800. The van der Waals surface area contributed by atoms with Gasteiger partial charge in [0.05, 0.1) is 6.54 Å². The lowest BCUT2D eigenvalue weighted by atomic mass is 10.2. The molecule has 5 heteroatoms. The van der Waals surface area contributed by atoms with Crippen molar-refractivity contribution in [3.05, 3.63) is 0 Å². The molecule has 0 saturated carbocycles. The van der Waals surface area contributed by atoms with E-state index in [0.29, 0.717) is 6.54 Å². The summed E-state index contributed by atoms with van der Waals surface area (Å²) in [6.45, 7) is 5.15. The van der Waals surface area contributed by atoms with Crippen molar-refractivity contribution in [2.45, 2.75) is 26.3 Å². The van der Waals surface area contributed by atoms with E-state index < -0.39 is 5.97 Å².